The average Bonchev–Trinajstić information content (AvgIpc) is 2.98. The van der Waals surface area contributed by atoms with E-state index in [9.17, 15) is 9.90 Å². The van der Waals surface area contributed by atoms with E-state index in [2.05, 4.69) is 5.73 Å². The minimum atomic E-state index is -0.658. The van der Waals surface area contributed by atoms with E-state index < -0.39 is 6.10 Å². The molecule has 2 rings (SSSR count). The van der Waals surface area contributed by atoms with Crippen LogP contribution in [0.25, 0.3) is 0 Å². The summed E-state index contributed by atoms with van der Waals surface area (Å²) in [6.45, 7) is 1.87. The summed E-state index contributed by atoms with van der Waals surface area (Å²) in [6, 6.07) is 0. The van der Waals surface area contributed by atoms with Crippen LogP contribution in [0.15, 0.2) is 30.0 Å². The van der Waals surface area contributed by atoms with Gasteiger partial charge in [-0.1, -0.05) is 6.08 Å². The van der Waals surface area contributed by atoms with Crippen molar-refractivity contribution in [3.8, 4) is 0 Å². The summed E-state index contributed by atoms with van der Waals surface area (Å²) < 4.78 is 10.3. The van der Waals surface area contributed by atoms with E-state index in [0.717, 1.165) is 0 Å². The molecule has 0 unspecified atom stereocenters. The number of esters is 1. The number of carbonyl (C=O) groups is 1. The Labute approximate surface area is 100 Å². The highest BCUT2D eigenvalue weighted by Crippen LogP contribution is 2.27. The smallest absolute Gasteiger partial charge is 0.306 e. The number of aliphatic hydroxyl groups is 1. The summed E-state index contributed by atoms with van der Waals surface area (Å²) in [6.07, 6.45) is 6.98. The molecule has 0 bridgehead atoms. The van der Waals surface area contributed by atoms with E-state index in [4.69, 9.17) is 9.47 Å². The Bertz CT molecular complexity index is 379. The van der Waals surface area contributed by atoms with Crippen LogP contribution in [0.3, 0.4) is 0 Å². The van der Waals surface area contributed by atoms with Gasteiger partial charge >= 0.3 is 5.97 Å². The molecule has 2 saturated heterocycles. The van der Waals surface area contributed by atoms with Crippen LogP contribution in [0.1, 0.15) is 19.8 Å². The average molecular weight is 236 g/mol. The van der Waals surface area contributed by atoms with Gasteiger partial charge in [-0.05, 0) is 31.6 Å². The van der Waals surface area contributed by atoms with Crippen LogP contribution in [0.5, 0.6) is 0 Å². The topological polar surface area (TPSA) is 59.1 Å². The second-order valence-corrected chi connectivity index (χ2v) is 4.13. The zero-order chi connectivity index (χ0) is 12.3. The fourth-order valence-electron chi connectivity index (χ4n) is 1.77. The van der Waals surface area contributed by atoms with Crippen molar-refractivity contribution in [2.24, 2.45) is 0 Å². The summed E-state index contributed by atoms with van der Waals surface area (Å²) in [7, 11) is 0. The highest BCUT2D eigenvalue weighted by Gasteiger charge is 2.41. The molecular formula is C13H16O4. The Morgan fingerprint density at radius 2 is 2.41 bits per heavy atom. The van der Waals surface area contributed by atoms with Gasteiger partial charge in [0, 0.05) is 6.42 Å². The lowest BCUT2D eigenvalue weighted by molar-refractivity contribution is -0.140. The molecule has 0 saturated carbocycles. The highest BCUT2D eigenvalue weighted by molar-refractivity contribution is 5.71. The standard InChI is InChI=1S/C13H16O4/c1-2-3-4-11-13(17-11)10(14)7-5-9-6-8-12(15)16-9/h2,4-5,7,9-11,13-14H,6,8H2,1H3/b7-5-/t3?,9-,10-,11+,13+/m0/s1. The van der Waals surface area contributed by atoms with E-state index in [1.807, 2.05) is 6.92 Å². The van der Waals surface area contributed by atoms with Crippen molar-refractivity contribution in [3.63, 3.8) is 0 Å². The van der Waals surface area contributed by atoms with Crippen LogP contribution in [0.4, 0.5) is 0 Å². The third-order valence-corrected chi connectivity index (χ3v) is 2.76. The lowest BCUT2D eigenvalue weighted by Crippen LogP contribution is -2.14. The van der Waals surface area contributed by atoms with Crippen LogP contribution < -0.4 is 0 Å². The van der Waals surface area contributed by atoms with Gasteiger partial charge in [0.15, 0.2) is 0 Å². The van der Waals surface area contributed by atoms with Gasteiger partial charge in [0.1, 0.15) is 24.4 Å². The molecule has 0 aromatic heterocycles. The van der Waals surface area contributed by atoms with Gasteiger partial charge in [-0.25, -0.2) is 0 Å². The number of ether oxygens (including phenoxy) is 2. The Kier molecular flexibility index (Phi) is 3.79. The second kappa shape index (κ2) is 5.32. The molecule has 0 spiro atoms. The van der Waals surface area contributed by atoms with Crippen molar-refractivity contribution in [2.75, 3.05) is 0 Å². The summed E-state index contributed by atoms with van der Waals surface area (Å²) in [5, 5.41) is 9.77. The lowest BCUT2D eigenvalue weighted by atomic mass is 10.1. The van der Waals surface area contributed by atoms with Gasteiger partial charge in [0.05, 0.1) is 0 Å². The van der Waals surface area contributed by atoms with Crippen molar-refractivity contribution in [1.82, 2.24) is 0 Å². The van der Waals surface area contributed by atoms with Crippen molar-refractivity contribution in [3.05, 3.63) is 30.0 Å². The second-order valence-electron chi connectivity index (χ2n) is 4.13. The van der Waals surface area contributed by atoms with Crippen LogP contribution in [-0.2, 0) is 14.3 Å². The lowest BCUT2D eigenvalue weighted by Gasteiger charge is -2.04. The minimum absolute atomic E-state index is 0.0584. The first-order valence-corrected chi connectivity index (χ1v) is 5.79. The summed E-state index contributed by atoms with van der Waals surface area (Å²) >= 11 is 0. The van der Waals surface area contributed by atoms with Gasteiger partial charge in [0.25, 0.3) is 0 Å². The molecule has 2 fully saturated rings. The third kappa shape index (κ3) is 3.30. The zero-order valence-corrected chi connectivity index (χ0v) is 9.70. The van der Waals surface area contributed by atoms with Crippen molar-refractivity contribution in [1.29, 1.82) is 0 Å². The zero-order valence-electron chi connectivity index (χ0n) is 9.70. The molecule has 4 heteroatoms. The monoisotopic (exact) mass is 236 g/mol. The number of aliphatic hydroxyl groups excluding tert-OH is 1. The predicted octanol–water partition coefficient (Wildman–Crippen LogP) is 1.11. The Balaban J connectivity index is 1.78. The molecule has 92 valence electrons. The van der Waals surface area contributed by atoms with E-state index in [1.165, 1.54) is 0 Å². The molecule has 2 heterocycles. The predicted molar refractivity (Wildman–Crippen MR) is 61.2 cm³/mol. The number of hydrogen-bond donors (Lipinski definition) is 1. The summed E-state index contributed by atoms with van der Waals surface area (Å²) in [5.41, 5.74) is 2.92. The van der Waals surface area contributed by atoms with Crippen LogP contribution in [0.2, 0.25) is 0 Å². The molecule has 0 aliphatic carbocycles. The molecule has 2 aliphatic rings. The van der Waals surface area contributed by atoms with Gasteiger partial charge in [0.2, 0.25) is 0 Å². The molecule has 17 heavy (non-hydrogen) atoms. The fraction of sp³-hybridized carbons (Fsp3) is 0.538. The molecule has 1 N–H and O–H groups in total. The first-order chi connectivity index (χ1) is 8.20. The summed E-state index contributed by atoms with van der Waals surface area (Å²) in [4.78, 5) is 10.9. The van der Waals surface area contributed by atoms with Crippen LogP contribution in [0, 0.1) is 0 Å². The SMILES string of the molecule is CC=C=C[C@H]1O[C@@H]1[C@@H](O)/C=C\[C@H]1CCC(=O)O1. The van der Waals surface area contributed by atoms with Gasteiger partial charge in [-0.2, -0.15) is 0 Å². The van der Waals surface area contributed by atoms with E-state index in [-0.39, 0.29) is 24.3 Å². The maximum absolute atomic E-state index is 10.9. The van der Waals surface area contributed by atoms with E-state index >= 15 is 0 Å². The van der Waals surface area contributed by atoms with Crippen molar-refractivity contribution >= 4 is 5.97 Å². The van der Waals surface area contributed by atoms with Crippen LogP contribution >= 0.6 is 0 Å². The molecule has 4 nitrogen and oxygen atoms in total. The molecule has 0 aromatic carbocycles. The normalized spacial score (nSPS) is 33.1. The largest absolute Gasteiger partial charge is 0.458 e. The van der Waals surface area contributed by atoms with E-state index in [0.29, 0.717) is 12.8 Å². The Morgan fingerprint density at radius 3 is 3.06 bits per heavy atom. The highest BCUT2D eigenvalue weighted by atomic mass is 16.6. The fourth-order valence-corrected chi connectivity index (χ4v) is 1.77. The molecular weight excluding hydrogens is 220 g/mol. The van der Waals surface area contributed by atoms with E-state index in [1.54, 1.807) is 24.3 Å². The quantitative estimate of drug-likeness (QED) is 0.344. The number of hydrogen-bond acceptors (Lipinski definition) is 4. The first kappa shape index (κ1) is 12.1. The minimum Gasteiger partial charge on any atom is -0.458 e. The van der Waals surface area contributed by atoms with Crippen molar-refractivity contribution < 1.29 is 19.4 Å². The summed E-state index contributed by atoms with van der Waals surface area (Å²) in [5.74, 6) is -0.175. The Morgan fingerprint density at radius 1 is 1.59 bits per heavy atom. The molecule has 0 amide bonds. The van der Waals surface area contributed by atoms with Gasteiger partial charge < -0.3 is 14.6 Å². The number of epoxide rings is 1. The number of rotatable bonds is 4. The molecule has 4 atom stereocenters. The van der Waals surface area contributed by atoms with Crippen molar-refractivity contribution in [2.45, 2.75) is 44.2 Å². The third-order valence-electron chi connectivity index (χ3n) is 2.76. The van der Waals surface area contributed by atoms with Crippen LogP contribution in [-0.4, -0.2) is 35.5 Å². The molecule has 0 radical (unpaired) electrons. The number of carbonyl (C=O) groups excluding carboxylic acids is 1. The Hall–Kier alpha value is -1.35. The first-order valence-electron chi connectivity index (χ1n) is 5.79. The maximum Gasteiger partial charge on any atom is 0.306 e. The molecule has 2 aliphatic heterocycles. The van der Waals surface area contributed by atoms with Gasteiger partial charge in [-0.15, -0.1) is 5.73 Å². The van der Waals surface area contributed by atoms with Gasteiger partial charge in [-0.3, -0.25) is 4.79 Å². The maximum atomic E-state index is 10.9. The number of cyclic esters (lactones) is 1. The molecule has 0 aromatic rings.